The number of hydrogen-bond donors (Lipinski definition) is 4. The van der Waals surface area contributed by atoms with Gasteiger partial charge in [-0.1, -0.05) is 24.3 Å². The highest BCUT2D eigenvalue weighted by atomic mass is 32.2. The van der Waals surface area contributed by atoms with Crippen LogP contribution in [0.5, 0.6) is 0 Å². The second-order valence-corrected chi connectivity index (χ2v) is 14.5. The van der Waals surface area contributed by atoms with Crippen LogP contribution in [0.4, 0.5) is 0 Å². The van der Waals surface area contributed by atoms with Gasteiger partial charge < -0.3 is 15.3 Å². The van der Waals surface area contributed by atoms with Gasteiger partial charge in [0.2, 0.25) is 5.91 Å². The molecule has 1 saturated heterocycles. The number of rotatable bonds is 5. The molecule has 7 rings (SSSR count). The van der Waals surface area contributed by atoms with E-state index in [0.29, 0.717) is 24.9 Å². The lowest BCUT2D eigenvalue weighted by Crippen LogP contribution is -2.65. The maximum atomic E-state index is 12.4. The molecule has 2 aromatic rings. The molecule has 5 aliphatic rings. The Morgan fingerprint density at radius 3 is 2.00 bits per heavy atom. The number of nitrogens with one attached hydrogen (secondary N) is 1. The van der Waals surface area contributed by atoms with Gasteiger partial charge in [0.25, 0.3) is 20.2 Å². The molecule has 11 nitrogen and oxygen atoms in total. The molecule has 4 bridgehead atoms. The van der Waals surface area contributed by atoms with E-state index in [4.69, 9.17) is 14.4 Å². The summed E-state index contributed by atoms with van der Waals surface area (Å²) in [5, 5.41) is 23.4. The van der Waals surface area contributed by atoms with Crippen LogP contribution in [0.2, 0.25) is 0 Å². The first-order valence-corrected chi connectivity index (χ1v) is 16.2. The fraction of sp³-hybridized carbons (Fsp3) is 0.556. The third kappa shape index (κ3) is 5.74. The lowest BCUT2D eigenvalue weighted by molar-refractivity contribution is -0.147. The molecule has 40 heavy (non-hydrogen) atoms. The molecule has 13 heteroatoms. The van der Waals surface area contributed by atoms with E-state index in [1.807, 2.05) is 0 Å². The Labute approximate surface area is 233 Å². The van der Waals surface area contributed by atoms with Crippen molar-refractivity contribution < 1.29 is 35.8 Å². The predicted molar refractivity (Wildman–Crippen MR) is 144 cm³/mol. The molecule has 1 aliphatic heterocycles. The van der Waals surface area contributed by atoms with Crippen LogP contribution in [-0.4, -0.2) is 72.1 Å². The third-order valence-corrected chi connectivity index (χ3v) is 10.6. The number of carbonyl (C=O) groups is 1. The van der Waals surface area contributed by atoms with Crippen molar-refractivity contribution in [3.05, 3.63) is 36.4 Å². The van der Waals surface area contributed by atoms with Gasteiger partial charge in [0.05, 0.1) is 18.2 Å². The van der Waals surface area contributed by atoms with E-state index in [0.717, 1.165) is 57.1 Å². The zero-order chi connectivity index (χ0) is 28.9. The summed E-state index contributed by atoms with van der Waals surface area (Å²) in [4.78, 5) is 13.3. The Balaban J connectivity index is 0.000000165. The van der Waals surface area contributed by atoms with Crippen LogP contribution in [0.1, 0.15) is 51.4 Å². The first-order valence-electron chi connectivity index (χ1n) is 13.4. The predicted octanol–water partition coefficient (Wildman–Crippen LogP) is 2.51. The molecule has 1 heterocycles. The van der Waals surface area contributed by atoms with Gasteiger partial charge in [-0.25, -0.2) is 0 Å². The number of nitriles is 1. The minimum absolute atomic E-state index is 0.0233. The van der Waals surface area contributed by atoms with E-state index in [9.17, 15) is 26.7 Å². The van der Waals surface area contributed by atoms with Crippen LogP contribution < -0.4 is 5.32 Å². The number of amides is 1. The summed E-state index contributed by atoms with van der Waals surface area (Å²) in [6, 6.07) is 9.52. The van der Waals surface area contributed by atoms with Crippen LogP contribution >= 0.6 is 0 Å². The van der Waals surface area contributed by atoms with Gasteiger partial charge >= 0.3 is 0 Å². The van der Waals surface area contributed by atoms with E-state index < -0.39 is 35.6 Å². The molecule has 0 radical (unpaired) electrons. The SMILES string of the molecule is N#C[C@@H]1CCCN1C(=O)CNC12CC3CC(CC(O)(C3)C1)C2.O=S(=O)(O)c1cccc2c(S(=O)(=O)O)cccc12. The number of likely N-dealkylation sites (tertiary alicyclic amines) is 1. The van der Waals surface area contributed by atoms with Crippen molar-refractivity contribution in [2.75, 3.05) is 13.1 Å². The molecule has 5 fully saturated rings. The van der Waals surface area contributed by atoms with Gasteiger partial charge in [-0.15, -0.1) is 0 Å². The van der Waals surface area contributed by atoms with Crippen molar-refractivity contribution in [1.29, 1.82) is 5.26 Å². The van der Waals surface area contributed by atoms with E-state index in [-0.39, 0.29) is 28.3 Å². The lowest BCUT2D eigenvalue weighted by Gasteiger charge is -2.60. The molecule has 4 N–H and O–H groups in total. The maximum Gasteiger partial charge on any atom is 0.295 e. The first kappa shape index (κ1) is 28.9. The summed E-state index contributed by atoms with van der Waals surface area (Å²) in [6.07, 6.45) is 7.87. The van der Waals surface area contributed by atoms with Crippen molar-refractivity contribution in [2.45, 2.75) is 78.3 Å². The average molecular weight is 592 g/mol. The fourth-order valence-electron chi connectivity index (χ4n) is 7.69. The highest BCUT2D eigenvalue weighted by Crippen LogP contribution is 2.57. The van der Waals surface area contributed by atoms with E-state index >= 15 is 0 Å². The summed E-state index contributed by atoms with van der Waals surface area (Å²) < 4.78 is 62.7. The van der Waals surface area contributed by atoms with Crippen molar-refractivity contribution in [2.24, 2.45) is 11.8 Å². The van der Waals surface area contributed by atoms with Crippen LogP contribution in [-0.2, 0) is 25.0 Å². The van der Waals surface area contributed by atoms with Gasteiger partial charge in [-0.3, -0.25) is 13.9 Å². The summed E-state index contributed by atoms with van der Waals surface area (Å²) in [5.41, 5.74) is -0.542. The molecule has 216 valence electrons. The van der Waals surface area contributed by atoms with Crippen molar-refractivity contribution in [3.63, 3.8) is 0 Å². The Morgan fingerprint density at radius 2 is 1.52 bits per heavy atom. The standard InChI is InChI=1S/C17H25N3O2.C10H8O6S2/c18-9-14-2-1-3-20(14)15(21)10-19-16-5-12-4-13(6-16)8-17(22,7-12)11-16;11-17(12,13)9-5-1-3-7-8(9)4-2-6-10(7)18(14,15)16/h12-14,19,22H,1-8,10-11H2;1-6H,(H,11,12,13)(H,14,15,16)/t12?,13?,14-,16?,17?;/m0./s1. The number of fused-ring (bicyclic) bond motifs is 1. The van der Waals surface area contributed by atoms with Crippen molar-refractivity contribution >= 4 is 36.9 Å². The summed E-state index contributed by atoms with van der Waals surface area (Å²) in [6.45, 7) is 1.02. The normalized spacial score (nSPS) is 31.1. The van der Waals surface area contributed by atoms with Crippen molar-refractivity contribution in [3.8, 4) is 6.07 Å². The quantitative estimate of drug-likeness (QED) is 0.377. The number of benzene rings is 2. The molecule has 4 saturated carbocycles. The van der Waals surface area contributed by atoms with Crippen LogP contribution in [0.15, 0.2) is 46.2 Å². The number of nitrogens with zero attached hydrogens (tertiary/aromatic N) is 2. The topological polar surface area (TPSA) is 185 Å². The monoisotopic (exact) mass is 591 g/mol. The second kappa shape index (κ2) is 10.3. The maximum absolute atomic E-state index is 12.4. The van der Waals surface area contributed by atoms with Gasteiger partial charge in [-0.05, 0) is 75.3 Å². The molecular weight excluding hydrogens is 558 g/mol. The van der Waals surface area contributed by atoms with Crippen LogP contribution in [0.3, 0.4) is 0 Å². The van der Waals surface area contributed by atoms with Gasteiger partial charge in [0.15, 0.2) is 0 Å². The molecule has 3 atom stereocenters. The third-order valence-electron chi connectivity index (χ3n) is 8.76. The van der Waals surface area contributed by atoms with E-state index in [2.05, 4.69) is 11.4 Å². The number of hydrogen-bond acceptors (Lipinski definition) is 8. The molecular formula is C27H33N3O8S2. The molecule has 0 aromatic heterocycles. The highest BCUT2D eigenvalue weighted by molar-refractivity contribution is 7.86. The zero-order valence-corrected chi connectivity index (χ0v) is 23.5. The second-order valence-electron chi connectivity index (χ2n) is 11.8. The minimum Gasteiger partial charge on any atom is -0.390 e. The summed E-state index contributed by atoms with van der Waals surface area (Å²) in [5.74, 6) is 1.28. The van der Waals surface area contributed by atoms with E-state index in [1.165, 1.54) is 30.7 Å². The van der Waals surface area contributed by atoms with E-state index in [1.54, 1.807) is 4.90 Å². The number of carbonyl (C=O) groups excluding carboxylic acids is 1. The van der Waals surface area contributed by atoms with Crippen molar-refractivity contribution in [1.82, 2.24) is 10.2 Å². The molecule has 0 spiro atoms. The fourth-order valence-corrected chi connectivity index (χ4v) is 9.10. The van der Waals surface area contributed by atoms with Crippen LogP contribution in [0.25, 0.3) is 10.8 Å². The average Bonchev–Trinajstić information content (AvgIpc) is 3.33. The minimum atomic E-state index is -4.47. The Hall–Kier alpha value is -2.60. The Morgan fingerprint density at radius 1 is 0.975 bits per heavy atom. The van der Waals surface area contributed by atoms with Gasteiger partial charge in [0, 0.05) is 22.9 Å². The number of aliphatic hydroxyl groups is 1. The zero-order valence-electron chi connectivity index (χ0n) is 21.9. The van der Waals surface area contributed by atoms with Gasteiger partial charge in [0.1, 0.15) is 15.8 Å². The van der Waals surface area contributed by atoms with Gasteiger partial charge in [-0.2, -0.15) is 22.1 Å². The lowest BCUT2D eigenvalue weighted by atomic mass is 9.51. The molecule has 2 unspecified atom stereocenters. The molecule has 2 aromatic carbocycles. The smallest absolute Gasteiger partial charge is 0.295 e. The largest absolute Gasteiger partial charge is 0.390 e. The summed E-state index contributed by atoms with van der Waals surface area (Å²) >= 11 is 0. The first-order chi connectivity index (χ1) is 18.7. The Kier molecular flexibility index (Phi) is 7.48. The Bertz CT molecular complexity index is 1500. The summed E-state index contributed by atoms with van der Waals surface area (Å²) in [7, 11) is -8.94. The molecule has 1 amide bonds. The highest BCUT2D eigenvalue weighted by Gasteiger charge is 2.57. The molecule has 4 aliphatic carbocycles. The van der Waals surface area contributed by atoms with Crippen LogP contribution in [0, 0.1) is 23.2 Å².